The largest absolute Gasteiger partial charge is 0.349 e. The zero-order valence-corrected chi connectivity index (χ0v) is 8.45. The van der Waals surface area contributed by atoms with Crippen LogP contribution in [0.3, 0.4) is 0 Å². The summed E-state index contributed by atoms with van der Waals surface area (Å²) < 4.78 is 0. The predicted molar refractivity (Wildman–Crippen MR) is 53.2 cm³/mol. The van der Waals surface area contributed by atoms with Crippen LogP contribution in [-0.2, 0) is 11.3 Å². The van der Waals surface area contributed by atoms with E-state index >= 15 is 0 Å². The SMILES string of the molecule is CC(C)C(N)C(=O)NCc1ccn[nH]1. The molecule has 1 rings (SSSR count). The number of carbonyl (C=O) groups is 1. The Bertz CT molecular complexity index is 281. The number of aromatic amines is 1. The first-order chi connectivity index (χ1) is 6.61. The van der Waals surface area contributed by atoms with Crippen molar-refractivity contribution >= 4 is 5.91 Å². The minimum atomic E-state index is -0.446. The van der Waals surface area contributed by atoms with Gasteiger partial charge in [-0.25, -0.2) is 0 Å². The molecule has 0 saturated heterocycles. The van der Waals surface area contributed by atoms with Gasteiger partial charge in [0, 0.05) is 6.20 Å². The summed E-state index contributed by atoms with van der Waals surface area (Å²) in [6, 6.07) is 1.36. The molecule has 0 aliphatic heterocycles. The van der Waals surface area contributed by atoms with Gasteiger partial charge in [0.25, 0.3) is 0 Å². The molecule has 0 saturated carbocycles. The Kier molecular flexibility index (Phi) is 3.64. The number of carbonyl (C=O) groups excluding carboxylic acids is 1. The molecular weight excluding hydrogens is 180 g/mol. The van der Waals surface area contributed by atoms with E-state index in [0.29, 0.717) is 6.54 Å². The predicted octanol–water partition coefficient (Wildman–Crippen LogP) is 0.00920. The van der Waals surface area contributed by atoms with Crippen LogP contribution in [-0.4, -0.2) is 22.1 Å². The van der Waals surface area contributed by atoms with Gasteiger partial charge in [-0.05, 0) is 12.0 Å². The summed E-state index contributed by atoms with van der Waals surface area (Å²) in [5, 5.41) is 9.26. The summed E-state index contributed by atoms with van der Waals surface area (Å²) in [4.78, 5) is 11.4. The number of nitrogens with one attached hydrogen (secondary N) is 2. The molecule has 5 nitrogen and oxygen atoms in total. The van der Waals surface area contributed by atoms with E-state index in [1.165, 1.54) is 0 Å². The standard InChI is InChI=1S/C9H16N4O/c1-6(2)8(10)9(14)11-5-7-3-4-12-13-7/h3-4,6,8H,5,10H2,1-2H3,(H,11,14)(H,12,13). The van der Waals surface area contributed by atoms with Crippen molar-refractivity contribution in [2.75, 3.05) is 0 Å². The first-order valence-corrected chi connectivity index (χ1v) is 4.63. The van der Waals surface area contributed by atoms with Crippen LogP contribution in [0.5, 0.6) is 0 Å². The van der Waals surface area contributed by atoms with Crippen LogP contribution >= 0.6 is 0 Å². The number of nitrogens with zero attached hydrogens (tertiary/aromatic N) is 1. The number of H-pyrrole nitrogens is 1. The Morgan fingerprint density at radius 2 is 2.43 bits per heavy atom. The maximum Gasteiger partial charge on any atom is 0.237 e. The van der Waals surface area contributed by atoms with Crippen LogP contribution in [0.15, 0.2) is 12.3 Å². The first-order valence-electron chi connectivity index (χ1n) is 4.63. The quantitative estimate of drug-likeness (QED) is 0.634. The molecule has 4 N–H and O–H groups in total. The third-order valence-electron chi connectivity index (χ3n) is 2.03. The monoisotopic (exact) mass is 196 g/mol. The first kappa shape index (κ1) is 10.7. The highest BCUT2D eigenvalue weighted by Gasteiger charge is 2.16. The van der Waals surface area contributed by atoms with Gasteiger partial charge in [0.2, 0.25) is 5.91 Å². The summed E-state index contributed by atoms with van der Waals surface area (Å²) in [5.74, 6) is 0.0198. The van der Waals surface area contributed by atoms with Gasteiger partial charge in [0.1, 0.15) is 0 Å². The highest BCUT2D eigenvalue weighted by atomic mass is 16.2. The molecule has 0 fully saturated rings. The second-order valence-electron chi connectivity index (χ2n) is 3.57. The van der Waals surface area contributed by atoms with Gasteiger partial charge in [-0.15, -0.1) is 0 Å². The van der Waals surface area contributed by atoms with Crippen molar-refractivity contribution in [3.63, 3.8) is 0 Å². The molecule has 0 aromatic carbocycles. The number of hydrogen-bond donors (Lipinski definition) is 3. The highest BCUT2D eigenvalue weighted by molar-refractivity contribution is 5.81. The average Bonchev–Trinajstić information content (AvgIpc) is 2.65. The van der Waals surface area contributed by atoms with E-state index in [1.807, 2.05) is 13.8 Å². The van der Waals surface area contributed by atoms with E-state index in [1.54, 1.807) is 12.3 Å². The Balaban J connectivity index is 2.35. The molecule has 0 radical (unpaired) electrons. The second kappa shape index (κ2) is 4.76. The fraction of sp³-hybridized carbons (Fsp3) is 0.556. The van der Waals surface area contributed by atoms with Crippen LogP contribution in [0, 0.1) is 5.92 Å². The third kappa shape index (κ3) is 2.85. The van der Waals surface area contributed by atoms with Crippen molar-refractivity contribution < 1.29 is 4.79 Å². The summed E-state index contributed by atoms with van der Waals surface area (Å²) in [5.41, 5.74) is 6.53. The molecule has 0 aliphatic carbocycles. The molecule has 0 aliphatic rings. The van der Waals surface area contributed by atoms with Crippen LogP contribution in [0.2, 0.25) is 0 Å². The molecule has 1 atom stereocenters. The Labute approximate surface area is 83.1 Å². The van der Waals surface area contributed by atoms with Crippen LogP contribution in [0.4, 0.5) is 0 Å². The fourth-order valence-electron chi connectivity index (χ4n) is 0.986. The van der Waals surface area contributed by atoms with Crippen molar-refractivity contribution in [1.29, 1.82) is 0 Å². The Morgan fingerprint density at radius 1 is 1.71 bits per heavy atom. The molecular formula is C9H16N4O. The second-order valence-corrected chi connectivity index (χ2v) is 3.57. The van der Waals surface area contributed by atoms with Gasteiger partial charge < -0.3 is 11.1 Å². The normalized spacial score (nSPS) is 12.9. The zero-order valence-electron chi connectivity index (χ0n) is 8.45. The maximum absolute atomic E-state index is 11.4. The lowest BCUT2D eigenvalue weighted by atomic mass is 10.1. The highest BCUT2D eigenvalue weighted by Crippen LogP contribution is 1.98. The van der Waals surface area contributed by atoms with Crippen molar-refractivity contribution in [1.82, 2.24) is 15.5 Å². The van der Waals surface area contributed by atoms with E-state index in [4.69, 9.17) is 5.73 Å². The molecule has 78 valence electrons. The smallest absolute Gasteiger partial charge is 0.237 e. The van der Waals surface area contributed by atoms with E-state index < -0.39 is 6.04 Å². The number of rotatable bonds is 4. The van der Waals surface area contributed by atoms with E-state index in [2.05, 4.69) is 15.5 Å². The molecule has 14 heavy (non-hydrogen) atoms. The summed E-state index contributed by atoms with van der Waals surface area (Å²) in [7, 11) is 0. The van der Waals surface area contributed by atoms with E-state index in [-0.39, 0.29) is 11.8 Å². The number of amides is 1. The molecule has 1 unspecified atom stereocenters. The van der Waals surface area contributed by atoms with E-state index in [9.17, 15) is 4.79 Å². The van der Waals surface area contributed by atoms with Crippen molar-refractivity contribution in [3.05, 3.63) is 18.0 Å². The van der Waals surface area contributed by atoms with Gasteiger partial charge in [0.15, 0.2) is 0 Å². The zero-order chi connectivity index (χ0) is 10.6. The van der Waals surface area contributed by atoms with Crippen molar-refractivity contribution in [3.8, 4) is 0 Å². The van der Waals surface area contributed by atoms with Crippen LogP contribution in [0.1, 0.15) is 19.5 Å². The van der Waals surface area contributed by atoms with E-state index in [0.717, 1.165) is 5.69 Å². The molecule has 1 aromatic heterocycles. The third-order valence-corrected chi connectivity index (χ3v) is 2.03. The molecule has 5 heteroatoms. The van der Waals surface area contributed by atoms with Crippen LogP contribution in [0.25, 0.3) is 0 Å². The van der Waals surface area contributed by atoms with Crippen LogP contribution < -0.4 is 11.1 Å². The molecule has 0 bridgehead atoms. The lowest BCUT2D eigenvalue weighted by Crippen LogP contribution is -2.43. The van der Waals surface area contributed by atoms with Gasteiger partial charge in [0.05, 0.1) is 18.3 Å². The summed E-state index contributed by atoms with van der Waals surface area (Å²) in [6.07, 6.45) is 1.64. The minimum absolute atomic E-state index is 0.130. The minimum Gasteiger partial charge on any atom is -0.349 e. The molecule has 1 aromatic rings. The van der Waals surface area contributed by atoms with Gasteiger partial charge >= 0.3 is 0 Å². The van der Waals surface area contributed by atoms with Crippen molar-refractivity contribution in [2.45, 2.75) is 26.4 Å². The summed E-state index contributed by atoms with van der Waals surface area (Å²) >= 11 is 0. The van der Waals surface area contributed by atoms with Gasteiger partial charge in [-0.2, -0.15) is 5.10 Å². The average molecular weight is 196 g/mol. The van der Waals surface area contributed by atoms with Crippen molar-refractivity contribution in [2.24, 2.45) is 11.7 Å². The number of hydrogen-bond acceptors (Lipinski definition) is 3. The fourth-order valence-corrected chi connectivity index (χ4v) is 0.986. The lowest BCUT2D eigenvalue weighted by Gasteiger charge is -2.14. The topological polar surface area (TPSA) is 83.8 Å². The lowest BCUT2D eigenvalue weighted by molar-refractivity contribution is -0.123. The Hall–Kier alpha value is -1.36. The van der Waals surface area contributed by atoms with Gasteiger partial charge in [-0.3, -0.25) is 9.89 Å². The molecule has 1 amide bonds. The molecule has 1 heterocycles. The Morgan fingerprint density at radius 3 is 2.93 bits per heavy atom. The number of nitrogens with two attached hydrogens (primary N) is 1. The van der Waals surface area contributed by atoms with Gasteiger partial charge in [-0.1, -0.05) is 13.8 Å². The molecule has 0 spiro atoms. The number of aromatic nitrogens is 2. The maximum atomic E-state index is 11.4. The summed E-state index contributed by atoms with van der Waals surface area (Å²) in [6.45, 7) is 4.28.